The van der Waals surface area contributed by atoms with Crippen molar-refractivity contribution in [2.75, 3.05) is 36.5 Å². The monoisotopic (exact) mass is 379 g/mol. The smallest absolute Gasteiger partial charge is 0.171 e. The third-order valence-corrected chi connectivity index (χ3v) is 4.48. The molecular weight excluding hydrogens is 361 g/mol. The van der Waals surface area contributed by atoms with Gasteiger partial charge in [-0.05, 0) is 48.1 Å². The normalized spacial score (nSPS) is 14.2. The Hall–Kier alpha value is -1.89. The van der Waals surface area contributed by atoms with Gasteiger partial charge in [0.25, 0.3) is 0 Å². The number of morpholine rings is 1. The molecule has 1 saturated heterocycles. The van der Waals surface area contributed by atoms with E-state index in [1.807, 2.05) is 0 Å². The Balaban J connectivity index is 1.50. The van der Waals surface area contributed by atoms with Crippen molar-refractivity contribution >= 4 is 40.3 Å². The van der Waals surface area contributed by atoms with Gasteiger partial charge in [0, 0.05) is 31.0 Å². The van der Waals surface area contributed by atoms with Crippen molar-refractivity contribution < 1.29 is 9.13 Å². The van der Waals surface area contributed by atoms with Crippen molar-refractivity contribution in [3.63, 3.8) is 0 Å². The Morgan fingerprint density at radius 2 is 1.88 bits per heavy atom. The van der Waals surface area contributed by atoms with Crippen LogP contribution in [-0.2, 0) is 11.3 Å². The van der Waals surface area contributed by atoms with Crippen molar-refractivity contribution in [2.45, 2.75) is 6.54 Å². The minimum Gasteiger partial charge on any atom is -0.378 e. The predicted molar refractivity (Wildman–Crippen MR) is 104 cm³/mol. The van der Waals surface area contributed by atoms with Gasteiger partial charge in [0.05, 0.1) is 18.2 Å². The summed E-state index contributed by atoms with van der Waals surface area (Å²) in [5.41, 5.74) is 2.97. The number of anilines is 2. The van der Waals surface area contributed by atoms with Gasteiger partial charge in [-0.2, -0.15) is 0 Å². The maximum Gasteiger partial charge on any atom is 0.171 e. The van der Waals surface area contributed by atoms with Gasteiger partial charge < -0.3 is 20.3 Å². The van der Waals surface area contributed by atoms with Gasteiger partial charge >= 0.3 is 0 Å². The van der Waals surface area contributed by atoms with Crippen molar-refractivity contribution in [1.29, 1.82) is 0 Å². The van der Waals surface area contributed by atoms with Crippen LogP contribution in [0.3, 0.4) is 0 Å². The van der Waals surface area contributed by atoms with E-state index in [2.05, 4.69) is 39.8 Å². The van der Waals surface area contributed by atoms with Gasteiger partial charge in [0.15, 0.2) is 5.11 Å². The number of thiocarbonyl (C=S) groups is 1. The maximum atomic E-state index is 13.2. The molecule has 0 spiro atoms. The van der Waals surface area contributed by atoms with Crippen LogP contribution < -0.4 is 15.5 Å². The first-order chi connectivity index (χ1) is 12.1. The Morgan fingerprint density at radius 3 is 2.56 bits per heavy atom. The Morgan fingerprint density at radius 1 is 1.16 bits per heavy atom. The predicted octanol–water partition coefficient (Wildman–Crippen LogP) is 3.80. The zero-order valence-corrected chi connectivity index (χ0v) is 15.2. The standard InChI is InChI=1S/C18H19ClFN3OS/c19-16-11-14(3-6-17(16)20)22-18(25)21-12-13-1-4-15(5-2-13)23-7-9-24-10-8-23/h1-6,11H,7-10,12H2,(H2,21,22,25). The average Bonchev–Trinajstić information content (AvgIpc) is 2.64. The number of ether oxygens (including phenoxy) is 1. The molecule has 1 heterocycles. The van der Waals surface area contributed by atoms with E-state index < -0.39 is 5.82 Å². The van der Waals surface area contributed by atoms with Gasteiger partial charge in [0.1, 0.15) is 5.82 Å². The molecule has 7 heteroatoms. The van der Waals surface area contributed by atoms with Crippen LogP contribution in [0, 0.1) is 5.82 Å². The van der Waals surface area contributed by atoms with Crippen molar-refractivity contribution in [3.05, 3.63) is 58.9 Å². The first-order valence-corrected chi connectivity index (χ1v) is 8.82. The molecule has 0 saturated carbocycles. The van der Waals surface area contributed by atoms with E-state index >= 15 is 0 Å². The van der Waals surface area contributed by atoms with Crippen LogP contribution in [0.5, 0.6) is 0 Å². The van der Waals surface area contributed by atoms with Gasteiger partial charge in [-0.1, -0.05) is 23.7 Å². The summed E-state index contributed by atoms with van der Waals surface area (Å²) < 4.78 is 18.5. The van der Waals surface area contributed by atoms with Gasteiger partial charge in [-0.15, -0.1) is 0 Å². The molecule has 2 aromatic carbocycles. The lowest BCUT2D eigenvalue weighted by atomic mass is 10.2. The number of nitrogens with zero attached hydrogens (tertiary/aromatic N) is 1. The average molecular weight is 380 g/mol. The lowest BCUT2D eigenvalue weighted by Gasteiger charge is -2.28. The molecule has 0 atom stereocenters. The van der Waals surface area contributed by atoms with Gasteiger partial charge in [0.2, 0.25) is 0 Å². The zero-order valence-electron chi connectivity index (χ0n) is 13.6. The van der Waals surface area contributed by atoms with E-state index in [0.717, 1.165) is 31.9 Å². The molecule has 0 aliphatic carbocycles. The summed E-state index contributed by atoms with van der Waals surface area (Å²) in [5, 5.41) is 6.64. The number of rotatable bonds is 4. The first kappa shape index (κ1) is 17.9. The summed E-state index contributed by atoms with van der Waals surface area (Å²) in [7, 11) is 0. The molecule has 4 nitrogen and oxygen atoms in total. The summed E-state index contributed by atoms with van der Waals surface area (Å²) in [6.07, 6.45) is 0. The number of nitrogens with one attached hydrogen (secondary N) is 2. The van der Waals surface area contributed by atoms with Crippen LogP contribution in [0.1, 0.15) is 5.56 Å². The molecule has 25 heavy (non-hydrogen) atoms. The molecule has 1 fully saturated rings. The summed E-state index contributed by atoms with van der Waals surface area (Å²) in [4.78, 5) is 2.31. The Labute approximate surface area is 156 Å². The Bertz CT molecular complexity index is 736. The second-order valence-electron chi connectivity index (χ2n) is 5.70. The second-order valence-corrected chi connectivity index (χ2v) is 6.52. The fourth-order valence-electron chi connectivity index (χ4n) is 2.58. The highest BCUT2D eigenvalue weighted by molar-refractivity contribution is 7.80. The molecule has 1 aliphatic rings. The van der Waals surface area contributed by atoms with Crippen LogP contribution >= 0.6 is 23.8 Å². The van der Waals surface area contributed by atoms with E-state index in [-0.39, 0.29) is 5.02 Å². The third-order valence-electron chi connectivity index (χ3n) is 3.94. The summed E-state index contributed by atoms with van der Waals surface area (Å²) >= 11 is 11.0. The van der Waals surface area contributed by atoms with E-state index in [0.29, 0.717) is 17.3 Å². The van der Waals surface area contributed by atoms with Gasteiger partial charge in [-0.3, -0.25) is 0 Å². The lowest BCUT2D eigenvalue weighted by Crippen LogP contribution is -2.36. The van der Waals surface area contributed by atoms with Crippen LogP contribution in [-0.4, -0.2) is 31.4 Å². The summed E-state index contributed by atoms with van der Waals surface area (Å²) in [5.74, 6) is -0.452. The van der Waals surface area contributed by atoms with Crippen LogP contribution in [0.25, 0.3) is 0 Å². The fourth-order valence-corrected chi connectivity index (χ4v) is 2.95. The molecule has 0 bridgehead atoms. The second kappa shape index (κ2) is 8.47. The molecule has 2 aromatic rings. The van der Waals surface area contributed by atoms with E-state index in [1.165, 1.54) is 17.8 Å². The zero-order chi connectivity index (χ0) is 17.6. The van der Waals surface area contributed by atoms with Crippen LogP contribution in [0.2, 0.25) is 5.02 Å². The van der Waals surface area contributed by atoms with Crippen LogP contribution in [0.4, 0.5) is 15.8 Å². The molecule has 1 aliphatic heterocycles. The van der Waals surface area contributed by atoms with Gasteiger partial charge in [-0.25, -0.2) is 4.39 Å². The molecule has 3 rings (SSSR count). The van der Waals surface area contributed by atoms with Crippen molar-refractivity contribution in [2.24, 2.45) is 0 Å². The third kappa shape index (κ3) is 5.04. The first-order valence-electron chi connectivity index (χ1n) is 8.03. The minimum absolute atomic E-state index is 0.0616. The largest absolute Gasteiger partial charge is 0.378 e. The quantitative estimate of drug-likeness (QED) is 0.790. The maximum absolute atomic E-state index is 13.2. The summed E-state index contributed by atoms with van der Waals surface area (Å²) in [6, 6.07) is 12.8. The topological polar surface area (TPSA) is 36.5 Å². The summed E-state index contributed by atoms with van der Waals surface area (Å²) in [6.45, 7) is 4.00. The molecule has 0 amide bonds. The number of benzene rings is 2. The SMILES string of the molecule is Fc1ccc(NC(=S)NCc2ccc(N3CCOCC3)cc2)cc1Cl. The van der Waals surface area contributed by atoms with E-state index in [9.17, 15) is 4.39 Å². The molecule has 0 aromatic heterocycles. The molecule has 132 valence electrons. The highest BCUT2D eigenvalue weighted by Gasteiger charge is 2.10. The lowest BCUT2D eigenvalue weighted by molar-refractivity contribution is 0.122. The van der Waals surface area contributed by atoms with Crippen LogP contribution in [0.15, 0.2) is 42.5 Å². The molecule has 0 unspecified atom stereocenters. The van der Waals surface area contributed by atoms with E-state index in [4.69, 9.17) is 28.6 Å². The number of hydrogen-bond acceptors (Lipinski definition) is 3. The number of hydrogen-bond donors (Lipinski definition) is 2. The minimum atomic E-state index is -0.452. The molecule has 2 N–H and O–H groups in total. The number of halogens is 2. The Kier molecular flexibility index (Phi) is 6.07. The molecular formula is C18H19ClFN3OS. The van der Waals surface area contributed by atoms with Crippen molar-refractivity contribution in [3.8, 4) is 0 Å². The molecule has 0 radical (unpaired) electrons. The highest BCUT2D eigenvalue weighted by atomic mass is 35.5. The fraction of sp³-hybridized carbons (Fsp3) is 0.278. The highest BCUT2D eigenvalue weighted by Crippen LogP contribution is 2.19. The van der Waals surface area contributed by atoms with E-state index in [1.54, 1.807) is 6.07 Å². The van der Waals surface area contributed by atoms with Crippen molar-refractivity contribution in [1.82, 2.24) is 5.32 Å².